The molecule has 0 aromatic carbocycles. The van der Waals surface area contributed by atoms with Gasteiger partial charge in [-0.2, -0.15) is 0 Å². The number of carbonyl (C=O) groups is 3. The highest BCUT2D eigenvalue weighted by Crippen LogP contribution is 2.12. The van der Waals surface area contributed by atoms with E-state index in [1.807, 2.05) is 0 Å². The van der Waals surface area contributed by atoms with Crippen LogP contribution in [0.4, 0.5) is 4.79 Å². The molecule has 1 atom stereocenters. The maximum absolute atomic E-state index is 12.1. The Kier molecular flexibility index (Phi) is 6.82. The second-order valence-electron chi connectivity index (χ2n) is 6.89. The Bertz CT molecular complexity index is 422. The summed E-state index contributed by atoms with van der Waals surface area (Å²) in [5.41, 5.74) is 3.92. The van der Waals surface area contributed by atoms with Crippen LogP contribution in [0.3, 0.4) is 0 Å². The van der Waals surface area contributed by atoms with E-state index in [1.165, 1.54) is 0 Å². The van der Waals surface area contributed by atoms with Gasteiger partial charge in [-0.1, -0.05) is 0 Å². The van der Waals surface area contributed by atoms with Crippen molar-refractivity contribution in [2.75, 3.05) is 13.1 Å². The highest BCUT2D eigenvalue weighted by atomic mass is 16.6. The van der Waals surface area contributed by atoms with Crippen LogP contribution in [-0.2, 0) is 19.1 Å². The standard InChI is InChI=1S/C14H26N2O6/c1-13(2,3)21-10(17)8-16(7-9(15)11(18)19)12(20)22-14(4,5)6/h9H,7-8,15H2,1-6H3,(H,18,19)/t9-/m0/s1. The topological polar surface area (TPSA) is 119 Å². The van der Waals surface area contributed by atoms with Crippen molar-refractivity contribution in [1.82, 2.24) is 4.90 Å². The van der Waals surface area contributed by atoms with Crippen LogP contribution in [0.15, 0.2) is 0 Å². The highest BCUT2D eigenvalue weighted by Gasteiger charge is 2.29. The summed E-state index contributed by atoms with van der Waals surface area (Å²) in [5.74, 6) is -1.95. The quantitative estimate of drug-likeness (QED) is 0.725. The first kappa shape index (κ1) is 20.2. The lowest BCUT2D eigenvalue weighted by atomic mass is 10.2. The molecular formula is C14H26N2O6. The van der Waals surface area contributed by atoms with E-state index in [2.05, 4.69) is 0 Å². The summed E-state index contributed by atoms with van der Waals surface area (Å²) < 4.78 is 10.3. The molecular weight excluding hydrogens is 292 g/mol. The average Bonchev–Trinajstić information content (AvgIpc) is 2.22. The van der Waals surface area contributed by atoms with E-state index >= 15 is 0 Å². The third-order valence-corrected chi connectivity index (χ3v) is 2.13. The van der Waals surface area contributed by atoms with Crippen LogP contribution in [0.25, 0.3) is 0 Å². The van der Waals surface area contributed by atoms with Gasteiger partial charge in [-0.15, -0.1) is 0 Å². The number of hydrogen-bond acceptors (Lipinski definition) is 6. The normalized spacial score (nSPS) is 13.2. The van der Waals surface area contributed by atoms with Gasteiger partial charge in [0.15, 0.2) is 0 Å². The minimum Gasteiger partial charge on any atom is -0.480 e. The summed E-state index contributed by atoms with van der Waals surface area (Å²) in [4.78, 5) is 35.7. The number of ether oxygens (including phenoxy) is 2. The maximum atomic E-state index is 12.1. The van der Waals surface area contributed by atoms with Crippen LogP contribution in [-0.4, -0.2) is 58.4 Å². The lowest BCUT2D eigenvalue weighted by molar-refractivity contribution is -0.156. The van der Waals surface area contributed by atoms with Gasteiger partial charge in [0.2, 0.25) is 0 Å². The molecule has 0 aromatic rings. The predicted octanol–water partition coefficient (Wildman–Crippen LogP) is 0.977. The van der Waals surface area contributed by atoms with Gasteiger partial charge < -0.3 is 20.3 Å². The first-order chi connectivity index (χ1) is 9.71. The lowest BCUT2D eigenvalue weighted by Crippen LogP contribution is -2.49. The van der Waals surface area contributed by atoms with Gasteiger partial charge in [0.05, 0.1) is 6.54 Å². The number of nitrogens with zero attached hydrogens (tertiary/aromatic N) is 1. The average molecular weight is 318 g/mol. The van der Waals surface area contributed by atoms with Crippen molar-refractivity contribution < 1.29 is 29.0 Å². The van der Waals surface area contributed by atoms with Crippen LogP contribution < -0.4 is 5.73 Å². The molecule has 0 saturated carbocycles. The van der Waals surface area contributed by atoms with Crippen LogP contribution in [0, 0.1) is 0 Å². The van der Waals surface area contributed by atoms with Crippen LogP contribution in [0.2, 0.25) is 0 Å². The third-order valence-electron chi connectivity index (χ3n) is 2.13. The molecule has 0 aliphatic heterocycles. The van der Waals surface area contributed by atoms with Crippen LogP contribution in [0.5, 0.6) is 0 Å². The molecule has 22 heavy (non-hydrogen) atoms. The van der Waals surface area contributed by atoms with Crippen molar-refractivity contribution in [3.8, 4) is 0 Å². The van der Waals surface area contributed by atoms with E-state index in [-0.39, 0.29) is 6.54 Å². The molecule has 3 N–H and O–H groups in total. The third kappa shape index (κ3) is 9.17. The maximum Gasteiger partial charge on any atom is 0.410 e. The molecule has 0 radical (unpaired) electrons. The second-order valence-corrected chi connectivity index (χ2v) is 6.89. The van der Waals surface area contributed by atoms with Gasteiger partial charge in [0, 0.05) is 0 Å². The van der Waals surface area contributed by atoms with E-state index in [0.717, 1.165) is 4.90 Å². The Morgan fingerprint density at radius 1 is 1.05 bits per heavy atom. The Morgan fingerprint density at radius 3 is 1.86 bits per heavy atom. The van der Waals surface area contributed by atoms with E-state index in [9.17, 15) is 14.4 Å². The van der Waals surface area contributed by atoms with Crippen molar-refractivity contribution in [3.63, 3.8) is 0 Å². The summed E-state index contributed by atoms with van der Waals surface area (Å²) in [6.07, 6.45) is -0.824. The van der Waals surface area contributed by atoms with Gasteiger partial charge in [0.25, 0.3) is 0 Å². The van der Waals surface area contributed by atoms with E-state index in [1.54, 1.807) is 41.5 Å². The van der Waals surface area contributed by atoms with E-state index < -0.39 is 41.8 Å². The molecule has 0 bridgehead atoms. The van der Waals surface area contributed by atoms with Crippen LogP contribution >= 0.6 is 0 Å². The number of aliphatic carboxylic acids is 1. The molecule has 0 fully saturated rings. The molecule has 0 aliphatic rings. The smallest absolute Gasteiger partial charge is 0.410 e. The monoisotopic (exact) mass is 318 g/mol. The number of carbonyl (C=O) groups excluding carboxylic acids is 2. The SMILES string of the molecule is CC(C)(C)OC(=O)CN(C[C@H](N)C(=O)O)C(=O)OC(C)(C)C. The zero-order valence-corrected chi connectivity index (χ0v) is 14.0. The molecule has 0 spiro atoms. The minimum absolute atomic E-state index is 0.358. The summed E-state index contributed by atoms with van der Waals surface area (Å²) in [6.45, 7) is 9.24. The number of carboxylic acids is 1. The second kappa shape index (κ2) is 7.44. The minimum atomic E-state index is -1.32. The highest BCUT2D eigenvalue weighted by molar-refractivity contribution is 5.80. The molecule has 8 nitrogen and oxygen atoms in total. The molecule has 128 valence electrons. The predicted molar refractivity (Wildman–Crippen MR) is 79.3 cm³/mol. The number of nitrogens with two attached hydrogens (primary N) is 1. The van der Waals surface area contributed by atoms with E-state index in [4.69, 9.17) is 20.3 Å². The molecule has 0 rings (SSSR count). The van der Waals surface area contributed by atoms with Gasteiger partial charge in [0.1, 0.15) is 23.8 Å². The molecule has 0 aliphatic carbocycles. The summed E-state index contributed by atoms with van der Waals surface area (Å²) in [5, 5.41) is 8.85. The Morgan fingerprint density at radius 2 is 1.50 bits per heavy atom. The van der Waals surface area contributed by atoms with Crippen molar-refractivity contribution in [1.29, 1.82) is 0 Å². The van der Waals surface area contributed by atoms with Gasteiger partial charge in [-0.05, 0) is 41.5 Å². The fraction of sp³-hybridized carbons (Fsp3) is 0.786. The molecule has 1 amide bonds. The van der Waals surface area contributed by atoms with Gasteiger partial charge in [-0.25, -0.2) is 4.79 Å². The van der Waals surface area contributed by atoms with Crippen LogP contribution in [0.1, 0.15) is 41.5 Å². The summed E-state index contributed by atoms with van der Waals surface area (Å²) in [7, 11) is 0. The van der Waals surface area contributed by atoms with Crippen molar-refractivity contribution in [2.24, 2.45) is 5.73 Å². The fourth-order valence-electron chi connectivity index (χ4n) is 1.38. The number of esters is 1. The summed E-state index contributed by atoms with van der Waals surface area (Å²) in [6, 6.07) is -1.32. The lowest BCUT2D eigenvalue weighted by Gasteiger charge is -2.29. The largest absolute Gasteiger partial charge is 0.480 e. The zero-order chi connectivity index (χ0) is 17.7. The Labute approximate surface area is 130 Å². The fourth-order valence-corrected chi connectivity index (χ4v) is 1.38. The van der Waals surface area contributed by atoms with E-state index in [0.29, 0.717) is 0 Å². The number of hydrogen-bond donors (Lipinski definition) is 2. The number of rotatable bonds is 5. The Hall–Kier alpha value is -1.83. The van der Waals surface area contributed by atoms with Gasteiger partial charge >= 0.3 is 18.0 Å². The molecule has 0 aromatic heterocycles. The number of carboxylic acid groups (broad SMARTS) is 1. The van der Waals surface area contributed by atoms with Crippen molar-refractivity contribution in [2.45, 2.75) is 58.8 Å². The molecule has 8 heteroatoms. The van der Waals surface area contributed by atoms with Gasteiger partial charge in [-0.3, -0.25) is 14.5 Å². The molecule has 0 saturated heterocycles. The summed E-state index contributed by atoms with van der Waals surface area (Å²) >= 11 is 0. The first-order valence-corrected chi connectivity index (χ1v) is 6.89. The first-order valence-electron chi connectivity index (χ1n) is 6.89. The zero-order valence-electron chi connectivity index (χ0n) is 14.0. The molecule has 0 heterocycles. The van der Waals surface area contributed by atoms with Crippen molar-refractivity contribution in [3.05, 3.63) is 0 Å². The molecule has 0 unspecified atom stereocenters. The number of amides is 1. The Balaban J connectivity index is 4.97. The van der Waals surface area contributed by atoms with Crippen molar-refractivity contribution >= 4 is 18.0 Å².